The number of fused-ring (bicyclic) bond motifs is 2. The van der Waals surface area contributed by atoms with Gasteiger partial charge in [0.15, 0.2) is 5.01 Å². The zero-order valence-corrected chi connectivity index (χ0v) is 21.4. The molecule has 0 radical (unpaired) electrons. The van der Waals surface area contributed by atoms with Crippen LogP contribution < -0.4 is 0 Å². The minimum atomic E-state index is -0.0715. The minimum absolute atomic E-state index is 0.0416. The van der Waals surface area contributed by atoms with Gasteiger partial charge in [0.05, 0.1) is 17.8 Å². The SMILES string of the molecule is CN1CCc2nc(C(=O)N(C)[C@@H]3CCCC[C@@H]3N(C)C(=O)c3cc4cc(Cl)ccc4[nH]3)sc2C1. The Labute approximate surface area is 208 Å². The Morgan fingerprint density at radius 3 is 2.56 bits per heavy atom. The number of carbonyl (C=O) groups excluding carboxylic acids is 2. The zero-order valence-electron chi connectivity index (χ0n) is 19.8. The largest absolute Gasteiger partial charge is 0.351 e. The van der Waals surface area contributed by atoms with Crippen LogP contribution in [0.2, 0.25) is 5.02 Å². The van der Waals surface area contributed by atoms with Crippen molar-refractivity contribution in [2.75, 3.05) is 27.7 Å². The number of rotatable bonds is 4. The van der Waals surface area contributed by atoms with Crippen LogP contribution in [0.4, 0.5) is 0 Å². The Balaban J connectivity index is 1.35. The number of halogens is 1. The molecule has 9 heteroatoms. The number of hydrogen-bond donors (Lipinski definition) is 1. The van der Waals surface area contributed by atoms with Gasteiger partial charge >= 0.3 is 0 Å². The summed E-state index contributed by atoms with van der Waals surface area (Å²) in [5.41, 5.74) is 2.48. The Bertz CT molecular complexity index is 1240. The summed E-state index contributed by atoms with van der Waals surface area (Å²) in [6.07, 6.45) is 4.72. The fraction of sp³-hybridized carbons (Fsp3) is 0.480. The highest BCUT2D eigenvalue weighted by atomic mass is 35.5. The number of likely N-dealkylation sites (N-methyl/N-ethyl adjacent to an activating group) is 3. The summed E-state index contributed by atoms with van der Waals surface area (Å²) in [4.78, 5) is 41.8. The highest BCUT2D eigenvalue weighted by molar-refractivity contribution is 7.13. The first-order chi connectivity index (χ1) is 16.3. The summed E-state index contributed by atoms with van der Waals surface area (Å²) < 4.78 is 0. The third-order valence-electron chi connectivity index (χ3n) is 7.25. The summed E-state index contributed by atoms with van der Waals surface area (Å²) in [6.45, 7) is 1.82. The molecule has 5 rings (SSSR count). The maximum absolute atomic E-state index is 13.4. The van der Waals surface area contributed by atoms with E-state index in [4.69, 9.17) is 11.6 Å². The van der Waals surface area contributed by atoms with E-state index in [1.807, 2.05) is 48.2 Å². The average molecular weight is 500 g/mol. The Morgan fingerprint density at radius 1 is 1.12 bits per heavy atom. The second kappa shape index (κ2) is 9.32. The summed E-state index contributed by atoms with van der Waals surface area (Å²) >= 11 is 7.63. The predicted octanol–water partition coefficient (Wildman–Crippen LogP) is 4.42. The molecule has 2 aliphatic rings. The molecule has 1 N–H and O–H groups in total. The number of thiazole rings is 1. The quantitative estimate of drug-likeness (QED) is 0.576. The van der Waals surface area contributed by atoms with Gasteiger partial charge in [-0.05, 0) is 44.2 Å². The molecule has 34 heavy (non-hydrogen) atoms. The highest BCUT2D eigenvalue weighted by Gasteiger charge is 2.37. The van der Waals surface area contributed by atoms with Crippen molar-refractivity contribution in [1.29, 1.82) is 0 Å². The number of carbonyl (C=O) groups is 2. The third kappa shape index (κ3) is 4.34. The number of H-pyrrole nitrogens is 1. The normalized spacial score (nSPS) is 20.8. The van der Waals surface area contributed by atoms with E-state index in [0.717, 1.165) is 61.8 Å². The maximum Gasteiger partial charge on any atom is 0.282 e. The van der Waals surface area contributed by atoms with E-state index in [0.29, 0.717) is 15.7 Å². The second-order valence-electron chi connectivity index (χ2n) is 9.54. The lowest BCUT2D eigenvalue weighted by molar-refractivity contribution is 0.0418. The van der Waals surface area contributed by atoms with E-state index in [2.05, 4.69) is 21.9 Å². The molecule has 0 spiro atoms. The molecular weight excluding hydrogens is 470 g/mol. The molecule has 1 fully saturated rings. The summed E-state index contributed by atoms with van der Waals surface area (Å²) in [7, 11) is 5.80. The first-order valence-electron chi connectivity index (χ1n) is 11.8. The number of nitrogens with one attached hydrogen (secondary N) is 1. The third-order valence-corrected chi connectivity index (χ3v) is 8.55. The standard InChI is InChI=1S/C25H30ClN5O2S/c1-29-11-10-18-22(14-29)34-23(28-18)25(33)31(3)21-7-5-4-6-20(21)30(2)24(32)19-13-15-12-16(26)8-9-17(15)27-19/h8-9,12-13,20-21,27H,4-7,10-11,14H2,1-3H3/t20-,21+/m0/s1. The molecule has 3 aromatic rings. The molecule has 3 heterocycles. The molecule has 0 saturated heterocycles. The molecule has 1 aliphatic heterocycles. The van der Waals surface area contributed by atoms with Crippen LogP contribution >= 0.6 is 22.9 Å². The molecule has 1 aromatic carbocycles. The number of hydrogen-bond acceptors (Lipinski definition) is 5. The van der Waals surface area contributed by atoms with Crippen LogP contribution in [0.1, 0.15) is 56.5 Å². The van der Waals surface area contributed by atoms with Crippen molar-refractivity contribution in [2.45, 2.75) is 50.7 Å². The van der Waals surface area contributed by atoms with Crippen molar-refractivity contribution < 1.29 is 9.59 Å². The monoisotopic (exact) mass is 499 g/mol. The van der Waals surface area contributed by atoms with E-state index in [1.54, 1.807) is 0 Å². The predicted molar refractivity (Wildman–Crippen MR) is 136 cm³/mol. The fourth-order valence-corrected chi connectivity index (χ4v) is 6.62. The van der Waals surface area contributed by atoms with Gasteiger partial charge in [0, 0.05) is 54.4 Å². The van der Waals surface area contributed by atoms with Crippen LogP contribution in [0.3, 0.4) is 0 Å². The van der Waals surface area contributed by atoms with Crippen LogP contribution in [0.15, 0.2) is 24.3 Å². The lowest BCUT2D eigenvalue weighted by Crippen LogP contribution is -2.54. The van der Waals surface area contributed by atoms with Gasteiger partial charge in [-0.1, -0.05) is 24.4 Å². The zero-order chi connectivity index (χ0) is 24.0. The van der Waals surface area contributed by atoms with E-state index >= 15 is 0 Å². The van der Waals surface area contributed by atoms with Crippen LogP contribution in [0.25, 0.3) is 10.9 Å². The van der Waals surface area contributed by atoms with Gasteiger partial charge < -0.3 is 19.7 Å². The van der Waals surface area contributed by atoms with Crippen molar-refractivity contribution in [3.63, 3.8) is 0 Å². The molecule has 180 valence electrons. The first-order valence-corrected chi connectivity index (χ1v) is 13.0. The van der Waals surface area contributed by atoms with Gasteiger partial charge in [-0.25, -0.2) is 4.98 Å². The fourth-order valence-electron chi connectivity index (χ4n) is 5.27. The smallest absolute Gasteiger partial charge is 0.282 e. The maximum atomic E-state index is 13.4. The van der Waals surface area contributed by atoms with Crippen LogP contribution in [0, 0.1) is 0 Å². The van der Waals surface area contributed by atoms with E-state index in [1.165, 1.54) is 16.2 Å². The molecule has 2 aromatic heterocycles. The van der Waals surface area contributed by atoms with Crippen LogP contribution in [-0.4, -0.2) is 76.3 Å². The number of aromatic amines is 1. The topological polar surface area (TPSA) is 72.5 Å². The van der Waals surface area contributed by atoms with Crippen molar-refractivity contribution in [3.8, 4) is 0 Å². The van der Waals surface area contributed by atoms with Crippen LogP contribution in [0.5, 0.6) is 0 Å². The van der Waals surface area contributed by atoms with Crippen molar-refractivity contribution in [3.05, 3.63) is 50.6 Å². The Kier molecular flexibility index (Phi) is 6.39. The summed E-state index contributed by atoms with van der Waals surface area (Å²) in [5.74, 6) is -0.113. The van der Waals surface area contributed by atoms with Crippen molar-refractivity contribution in [1.82, 2.24) is 24.7 Å². The minimum Gasteiger partial charge on any atom is -0.351 e. The molecule has 0 unspecified atom stereocenters. The lowest BCUT2D eigenvalue weighted by Gasteiger charge is -2.42. The number of benzene rings is 1. The Morgan fingerprint density at radius 2 is 1.82 bits per heavy atom. The van der Waals surface area contributed by atoms with E-state index in [9.17, 15) is 9.59 Å². The molecule has 0 bridgehead atoms. The van der Waals surface area contributed by atoms with Crippen molar-refractivity contribution >= 4 is 45.7 Å². The summed E-state index contributed by atoms with van der Waals surface area (Å²) in [5, 5.41) is 2.12. The number of nitrogens with zero attached hydrogens (tertiary/aromatic N) is 4. The van der Waals surface area contributed by atoms with E-state index < -0.39 is 0 Å². The molecule has 2 amide bonds. The molecule has 7 nitrogen and oxygen atoms in total. The summed E-state index contributed by atoms with van der Waals surface area (Å²) in [6, 6.07) is 7.30. The average Bonchev–Trinajstić information content (AvgIpc) is 3.45. The lowest BCUT2D eigenvalue weighted by atomic mass is 9.88. The van der Waals surface area contributed by atoms with Gasteiger partial charge in [-0.15, -0.1) is 11.3 Å². The molecule has 1 aliphatic carbocycles. The first kappa shape index (κ1) is 23.3. The van der Waals surface area contributed by atoms with Crippen molar-refractivity contribution in [2.24, 2.45) is 0 Å². The van der Waals surface area contributed by atoms with Gasteiger partial charge in [-0.2, -0.15) is 0 Å². The van der Waals surface area contributed by atoms with Gasteiger partial charge in [0.1, 0.15) is 5.69 Å². The number of amides is 2. The molecular formula is C25H30ClN5O2S. The van der Waals surface area contributed by atoms with Gasteiger partial charge in [0.2, 0.25) is 0 Å². The molecule has 2 atom stereocenters. The Hall–Kier alpha value is -2.42. The molecule has 1 saturated carbocycles. The second-order valence-corrected chi connectivity index (χ2v) is 11.1. The van der Waals surface area contributed by atoms with Gasteiger partial charge in [0.25, 0.3) is 11.8 Å². The van der Waals surface area contributed by atoms with E-state index in [-0.39, 0.29) is 23.9 Å². The van der Waals surface area contributed by atoms with Gasteiger partial charge in [-0.3, -0.25) is 9.59 Å². The highest BCUT2D eigenvalue weighted by Crippen LogP contribution is 2.31. The number of aromatic nitrogens is 2. The van der Waals surface area contributed by atoms with Crippen LogP contribution in [-0.2, 0) is 13.0 Å².